The fourth-order valence-corrected chi connectivity index (χ4v) is 5.75. The van der Waals surface area contributed by atoms with E-state index >= 15 is 0 Å². The quantitative estimate of drug-likeness (QED) is 0.241. The first kappa shape index (κ1) is 31.8. The van der Waals surface area contributed by atoms with Gasteiger partial charge in [0.15, 0.2) is 5.82 Å². The number of aliphatic imine (C=N–C) groups is 1. The standard InChI is InChI=1S/C35H39N9O3/c1-37-23-27(22-36)26-7-12-30-31(21-26)40-32(41-33(30)43-17-19-47-20-18-43)24-3-8-28(9-4-24)38-35(46)39-29-10-5-25(6-11-29)34(45)44-15-13-42(2)14-16-44/h3-12,21-23,27,36H,13-20H2,1-2H3,(H2,38,39,46). The Morgan fingerprint density at radius 2 is 1.55 bits per heavy atom. The first-order chi connectivity index (χ1) is 22.9. The average molecular weight is 634 g/mol. The van der Waals surface area contributed by atoms with E-state index in [2.05, 4.69) is 32.5 Å². The predicted octanol–water partition coefficient (Wildman–Crippen LogP) is 4.60. The first-order valence-corrected chi connectivity index (χ1v) is 15.8. The third-order valence-corrected chi connectivity index (χ3v) is 8.47. The van der Waals surface area contributed by atoms with Crippen molar-refractivity contribution in [1.29, 1.82) is 5.41 Å². The maximum atomic E-state index is 12.8. The van der Waals surface area contributed by atoms with Crippen LogP contribution in [0.3, 0.4) is 0 Å². The van der Waals surface area contributed by atoms with E-state index in [-0.39, 0.29) is 11.8 Å². The van der Waals surface area contributed by atoms with Gasteiger partial charge >= 0.3 is 6.03 Å². The second-order valence-electron chi connectivity index (χ2n) is 11.7. The number of piperazine rings is 1. The zero-order chi connectivity index (χ0) is 32.8. The lowest BCUT2D eigenvalue weighted by atomic mass is 9.99. The third-order valence-electron chi connectivity index (χ3n) is 8.47. The van der Waals surface area contributed by atoms with Gasteiger partial charge in [-0.05, 0) is 73.3 Å². The number of ether oxygens (including phenoxy) is 1. The van der Waals surface area contributed by atoms with Crippen molar-refractivity contribution < 1.29 is 14.3 Å². The van der Waals surface area contributed by atoms with Gasteiger partial charge in [-0.25, -0.2) is 14.8 Å². The van der Waals surface area contributed by atoms with Gasteiger partial charge in [-0.2, -0.15) is 0 Å². The molecule has 12 heteroatoms. The minimum Gasteiger partial charge on any atom is -0.378 e. The van der Waals surface area contributed by atoms with Crippen molar-refractivity contribution in [2.24, 2.45) is 4.99 Å². The molecular weight excluding hydrogens is 594 g/mol. The molecule has 6 rings (SSSR count). The molecule has 1 aromatic heterocycles. The minimum atomic E-state index is -0.392. The van der Waals surface area contributed by atoms with Crippen LogP contribution < -0.4 is 15.5 Å². The molecular formula is C35H39N9O3. The molecule has 3 amide bonds. The summed E-state index contributed by atoms with van der Waals surface area (Å²) in [6.07, 6.45) is 3.11. The Bertz CT molecular complexity index is 1760. The molecule has 0 aliphatic carbocycles. The fraction of sp³-hybridized carbons (Fsp3) is 0.314. The summed E-state index contributed by atoms with van der Waals surface area (Å²) in [7, 11) is 3.76. The number of benzene rings is 3. The summed E-state index contributed by atoms with van der Waals surface area (Å²) >= 11 is 0. The minimum absolute atomic E-state index is 0.00333. The number of amides is 3. The van der Waals surface area contributed by atoms with Gasteiger partial charge in [0.2, 0.25) is 0 Å². The van der Waals surface area contributed by atoms with Gasteiger partial charge in [0, 0.05) is 86.6 Å². The molecule has 2 aliphatic rings. The van der Waals surface area contributed by atoms with Gasteiger partial charge in [-0.1, -0.05) is 6.07 Å². The molecule has 1 unspecified atom stereocenters. The largest absolute Gasteiger partial charge is 0.378 e. The molecule has 0 bridgehead atoms. The molecule has 4 aromatic rings. The third kappa shape index (κ3) is 7.45. The molecule has 47 heavy (non-hydrogen) atoms. The number of rotatable bonds is 8. The number of anilines is 3. The maximum absolute atomic E-state index is 12.8. The molecule has 12 nitrogen and oxygen atoms in total. The Balaban J connectivity index is 1.16. The number of carbonyl (C=O) groups excluding carboxylic acids is 2. The number of hydrogen-bond donors (Lipinski definition) is 3. The van der Waals surface area contributed by atoms with Gasteiger partial charge < -0.3 is 35.5 Å². The van der Waals surface area contributed by atoms with Crippen LogP contribution in [0.15, 0.2) is 71.7 Å². The number of nitrogens with zero attached hydrogens (tertiary/aromatic N) is 6. The Morgan fingerprint density at radius 3 is 2.19 bits per heavy atom. The fourth-order valence-electron chi connectivity index (χ4n) is 5.75. The topological polar surface area (TPSA) is 139 Å². The summed E-state index contributed by atoms with van der Waals surface area (Å²) in [6.45, 7) is 5.85. The van der Waals surface area contributed by atoms with Gasteiger partial charge in [0.25, 0.3) is 5.91 Å². The van der Waals surface area contributed by atoms with Gasteiger partial charge in [0.05, 0.1) is 24.6 Å². The van der Waals surface area contributed by atoms with E-state index in [1.54, 1.807) is 37.5 Å². The van der Waals surface area contributed by atoms with Crippen LogP contribution in [0.4, 0.5) is 22.0 Å². The summed E-state index contributed by atoms with van der Waals surface area (Å²) in [5, 5.41) is 14.5. The molecule has 1 atom stereocenters. The van der Waals surface area contributed by atoms with Crippen LogP contribution in [-0.4, -0.2) is 111 Å². The van der Waals surface area contributed by atoms with E-state index < -0.39 is 6.03 Å². The zero-order valence-corrected chi connectivity index (χ0v) is 26.6. The van der Waals surface area contributed by atoms with Gasteiger partial charge in [0.1, 0.15) is 5.82 Å². The SMILES string of the molecule is CN=CC(C=N)c1ccc2c(N3CCOCC3)nc(-c3ccc(NC(=O)Nc4ccc(C(=O)N5CCN(C)CC5)cc4)cc3)nc2c1. The molecule has 0 saturated carbocycles. The number of likely N-dealkylation sites (N-methyl/N-ethyl adjacent to an activating group) is 1. The van der Waals surface area contributed by atoms with Crippen LogP contribution >= 0.6 is 0 Å². The van der Waals surface area contributed by atoms with Crippen molar-refractivity contribution in [1.82, 2.24) is 19.8 Å². The predicted molar refractivity (Wildman–Crippen MR) is 186 cm³/mol. The molecule has 242 valence electrons. The van der Waals surface area contributed by atoms with Crippen molar-refractivity contribution in [3.8, 4) is 11.4 Å². The molecule has 3 aromatic carbocycles. The molecule has 3 heterocycles. The second kappa shape index (κ2) is 14.5. The Morgan fingerprint density at radius 1 is 0.894 bits per heavy atom. The highest BCUT2D eigenvalue weighted by molar-refractivity contribution is 6.01. The number of carbonyl (C=O) groups is 2. The van der Waals surface area contributed by atoms with Crippen LogP contribution in [0.1, 0.15) is 21.8 Å². The molecule has 0 radical (unpaired) electrons. The summed E-state index contributed by atoms with van der Waals surface area (Å²) in [4.78, 5) is 45.9. The number of aromatic nitrogens is 2. The van der Waals surface area contributed by atoms with Crippen LogP contribution in [0.2, 0.25) is 0 Å². The van der Waals surface area contributed by atoms with Crippen LogP contribution in [0, 0.1) is 5.41 Å². The Labute approximate surface area is 274 Å². The van der Waals surface area contributed by atoms with E-state index in [9.17, 15) is 9.59 Å². The van der Waals surface area contributed by atoms with Gasteiger partial charge in [-0.3, -0.25) is 9.79 Å². The van der Waals surface area contributed by atoms with Crippen molar-refractivity contribution in [2.45, 2.75) is 5.92 Å². The summed E-state index contributed by atoms with van der Waals surface area (Å²) in [5.74, 6) is 1.17. The molecule has 2 saturated heterocycles. The van der Waals surface area contributed by atoms with Crippen LogP contribution in [0.5, 0.6) is 0 Å². The lowest BCUT2D eigenvalue weighted by Crippen LogP contribution is -2.47. The summed E-state index contributed by atoms with van der Waals surface area (Å²) in [6, 6.07) is 20.0. The number of nitrogens with one attached hydrogen (secondary N) is 3. The Kier molecular flexibility index (Phi) is 9.79. The van der Waals surface area contributed by atoms with Crippen molar-refractivity contribution in [3.63, 3.8) is 0 Å². The van der Waals surface area contributed by atoms with Crippen LogP contribution in [-0.2, 0) is 4.74 Å². The maximum Gasteiger partial charge on any atom is 0.323 e. The molecule has 2 fully saturated rings. The van der Waals surface area contributed by atoms with E-state index in [0.29, 0.717) is 49.1 Å². The lowest BCUT2D eigenvalue weighted by Gasteiger charge is -2.32. The second-order valence-corrected chi connectivity index (χ2v) is 11.7. The number of hydrogen-bond acceptors (Lipinski definition) is 9. The van der Waals surface area contributed by atoms with Crippen molar-refractivity contribution in [3.05, 3.63) is 77.9 Å². The number of urea groups is 1. The van der Waals surface area contributed by atoms with E-state index in [4.69, 9.17) is 20.1 Å². The summed E-state index contributed by atoms with van der Waals surface area (Å²) < 4.78 is 5.58. The molecule has 2 aliphatic heterocycles. The number of fused-ring (bicyclic) bond motifs is 1. The van der Waals surface area contributed by atoms with Crippen molar-refractivity contribution >= 4 is 52.5 Å². The van der Waals surface area contributed by atoms with Crippen molar-refractivity contribution in [2.75, 3.05) is 82.1 Å². The molecule has 3 N–H and O–H groups in total. The first-order valence-electron chi connectivity index (χ1n) is 15.8. The van der Waals surface area contributed by atoms with Gasteiger partial charge in [-0.15, -0.1) is 0 Å². The highest BCUT2D eigenvalue weighted by atomic mass is 16.5. The Hall–Kier alpha value is -5.20. The monoisotopic (exact) mass is 633 g/mol. The zero-order valence-electron chi connectivity index (χ0n) is 26.6. The van der Waals surface area contributed by atoms with E-state index in [1.807, 2.05) is 47.4 Å². The highest BCUT2D eigenvalue weighted by Crippen LogP contribution is 2.30. The molecule has 0 spiro atoms. The normalized spacial score (nSPS) is 16.3. The lowest BCUT2D eigenvalue weighted by molar-refractivity contribution is 0.0664. The van der Waals surface area contributed by atoms with Crippen LogP contribution in [0.25, 0.3) is 22.3 Å². The highest BCUT2D eigenvalue weighted by Gasteiger charge is 2.21. The van der Waals surface area contributed by atoms with E-state index in [0.717, 1.165) is 54.0 Å². The average Bonchev–Trinajstić information content (AvgIpc) is 3.11. The number of morpholine rings is 1. The summed E-state index contributed by atoms with van der Waals surface area (Å²) in [5.41, 5.74) is 4.31. The smallest absolute Gasteiger partial charge is 0.323 e. The van der Waals surface area contributed by atoms with E-state index in [1.165, 1.54) is 6.21 Å².